The van der Waals surface area contributed by atoms with E-state index in [0.29, 0.717) is 0 Å². The molecule has 94 valence electrons. The summed E-state index contributed by atoms with van der Waals surface area (Å²) in [5.74, 6) is -4.81. The fourth-order valence-corrected chi connectivity index (χ4v) is 1.82. The Morgan fingerprint density at radius 2 is 1.76 bits per heavy atom. The van der Waals surface area contributed by atoms with Crippen molar-refractivity contribution in [3.8, 4) is 0 Å². The Kier molecular flexibility index (Phi) is 4.25. The number of hydrogen-bond acceptors (Lipinski definition) is 2. The van der Waals surface area contributed by atoms with Crippen LogP contribution in [0.1, 0.15) is 31.1 Å². The van der Waals surface area contributed by atoms with Gasteiger partial charge in [0.2, 0.25) is 0 Å². The summed E-state index contributed by atoms with van der Waals surface area (Å²) in [5.41, 5.74) is -0.402. The molecule has 0 saturated carbocycles. The summed E-state index contributed by atoms with van der Waals surface area (Å²) in [5, 5.41) is 0. The number of carbonyl (C=O) groups is 1. The van der Waals surface area contributed by atoms with Gasteiger partial charge >= 0.3 is 0 Å². The van der Waals surface area contributed by atoms with E-state index in [0.717, 1.165) is 12.1 Å². The molecule has 0 fully saturated rings. The third kappa shape index (κ3) is 3.77. The number of rotatable bonds is 3. The van der Waals surface area contributed by atoms with Gasteiger partial charge in [-0.1, -0.05) is 20.8 Å². The minimum Gasteiger partial charge on any atom is -0.293 e. The van der Waals surface area contributed by atoms with Gasteiger partial charge in [-0.3, -0.25) is 4.79 Å². The summed E-state index contributed by atoms with van der Waals surface area (Å²) in [4.78, 5) is 11.6. The predicted molar refractivity (Wildman–Crippen MR) is 62.9 cm³/mol. The maximum absolute atomic E-state index is 13.3. The maximum atomic E-state index is 13.3. The zero-order valence-electron chi connectivity index (χ0n) is 9.81. The number of ketones is 1. The molecule has 0 saturated heterocycles. The molecule has 0 aromatic heterocycles. The summed E-state index contributed by atoms with van der Waals surface area (Å²) in [7, 11) is 0. The summed E-state index contributed by atoms with van der Waals surface area (Å²) in [6.07, 6.45) is 0. The van der Waals surface area contributed by atoms with E-state index >= 15 is 0 Å². The van der Waals surface area contributed by atoms with E-state index in [4.69, 9.17) is 0 Å². The molecule has 0 N–H and O–H groups in total. The Morgan fingerprint density at radius 1 is 1.18 bits per heavy atom. The molecule has 0 aliphatic heterocycles. The Bertz CT molecular complexity index is 438. The first-order valence-corrected chi connectivity index (χ1v) is 6.01. The van der Waals surface area contributed by atoms with Crippen LogP contribution in [0.15, 0.2) is 12.1 Å². The van der Waals surface area contributed by atoms with Crippen molar-refractivity contribution in [1.29, 1.82) is 0 Å². The number of benzene rings is 1. The molecule has 0 amide bonds. The van der Waals surface area contributed by atoms with Crippen LogP contribution in [0, 0.1) is 17.5 Å². The number of carbonyl (C=O) groups excluding carboxylic acids is 1. The molecular formula is C12H13F3OS. The number of Topliss-reactive ketones (excluding diaryl/α,β-unsaturated/α-hetero) is 1. The molecule has 0 aliphatic carbocycles. The zero-order valence-corrected chi connectivity index (χ0v) is 10.6. The fraction of sp³-hybridized carbons (Fsp3) is 0.417. The third-order valence-corrected chi connectivity index (χ3v) is 3.24. The molecule has 1 nitrogen and oxygen atoms in total. The first-order chi connectivity index (χ1) is 7.72. The average Bonchev–Trinajstić information content (AvgIpc) is 2.22. The predicted octanol–water partition coefficient (Wildman–Crippen LogP) is 3.82. The van der Waals surface area contributed by atoms with Gasteiger partial charge in [0.05, 0.1) is 11.3 Å². The van der Waals surface area contributed by atoms with Crippen LogP contribution in [0.4, 0.5) is 13.2 Å². The highest BCUT2D eigenvalue weighted by atomic mass is 32.2. The van der Waals surface area contributed by atoms with Gasteiger partial charge in [-0.25, -0.2) is 13.2 Å². The van der Waals surface area contributed by atoms with Gasteiger partial charge < -0.3 is 0 Å². The van der Waals surface area contributed by atoms with Gasteiger partial charge in [0.15, 0.2) is 23.2 Å². The van der Waals surface area contributed by atoms with Crippen molar-refractivity contribution in [3.63, 3.8) is 0 Å². The average molecular weight is 262 g/mol. The van der Waals surface area contributed by atoms with E-state index < -0.39 is 28.8 Å². The lowest BCUT2D eigenvalue weighted by Gasteiger charge is -2.16. The second-order valence-electron chi connectivity index (χ2n) is 4.55. The van der Waals surface area contributed by atoms with Crippen molar-refractivity contribution in [2.24, 2.45) is 0 Å². The van der Waals surface area contributed by atoms with E-state index in [1.54, 1.807) is 0 Å². The first kappa shape index (κ1) is 14.1. The van der Waals surface area contributed by atoms with Crippen LogP contribution in [-0.2, 0) is 0 Å². The highest BCUT2D eigenvalue weighted by molar-refractivity contribution is 8.01. The molecule has 0 radical (unpaired) electrons. The number of hydrogen-bond donors (Lipinski definition) is 0. The van der Waals surface area contributed by atoms with E-state index in [1.165, 1.54) is 11.8 Å². The van der Waals surface area contributed by atoms with Crippen molar-refractivity contribution in [2.75, 3.05) is 5.75 Å². The molecule has 1 rings (SSSR count). The van der Waals surface area contributed by atoms with Crippen LogP contribution < -0.4 is 0 Å². The summed E-state index contributed by atoms with van der Waals surface area (Å²) >= 11 is 1.32. The van der Waals surface area contributed by atoms with Gasteiger partial charge in [-0.15, -0.1) is 11.8 Å². The van der Waals surface area contributed by atoms with E-state index in [9.17, 15) is 18.0 Å². The lowest BCUT2D eigenvalue weighted by atomic mass is 10.1. The standard InChI is InChI=1S/C12H13F3OS/c1-12(2,3)17-6-9(16)7-4-5-8(13)11(15)10(7)14/h4-5H,6H2,1-3H3. The van der Waals surface area contributed by atoms with E-state index in [-0.39, 0.29) is 10.5 Å². The minimum absolute atomic E-state index is 0.0332. The van der Waals surface area contributed by atoms with Crippen LogP contribution in [0.5, 0.6) is 0 Å². The van der Waals surface area contributed by atoms with Crippen molar-refractivity contribution in [2.45, 2.75) is 25.5 Å². The number of thioether (sulfide) groups is 1. The number of halogens is 3. The molecule has 5 heteroatoms. The smallest absolute Gasteiger partial charge is 0.195 e. The molecule has 0 atom stereocenters. The molecular weight excluding hydrogens is 249 g/mol. The van der Waals surface area contributed by atoms with Gasteiger partial charge in [-0.05, 0) is 12.1 Å². The van der Waals surface area contributed by atoms with Crippen molar-refractivity contribution in [1.82, 2.24) is 0 Å². The molecule has 0 heterocycles. The second kappa shape index (κ2) is 5.12. The Morgan fingerprint density at radius 3 is 2.29 bits per heavy atom. The highest BCUT2D eigenvalue weighted by Gasteiger charge is 2.20. The quantitative estimate of drug-likeness (QED) is 0.608. The van der Waals surface area contributed by atoms with Gasteiger partial charge in [0, 0.05) is 4.75 Å². The topological polar surface area (TPSA) is 17.1 Å². The van der Waals surface area contributed by atoms with Gasteiger partial charge in [0.25, 0.3) is 0 Å². The monoisotopic (exact) mass is 262 g/mol. The normalized spacial score (nSPS) is 11.6. The maximum Gasteiger partial charge on any atom is 0.195 e. The lowest BCUT2D eigenvalue weighted by molar-refractivity contribution is 0.101. The van der Waals surface area contributed by atoms with Crippen LogP contribution in [-0.4, -0.2) is 16.3 Å². The van der Waals surface area contributed by atoms with Crippen molar-refractivity contribution < 1.29 is 18.0 Å². The minimum atomic E-state index is -1.60. The molecule has 0 aliphatic rings. The third-order valence-electron chi connectivity index (χ3n) is 1.97. The Balaban J connectivity index is 2.87. The molecule has 0 unspecified atom stereocenters. The van der Waals surface area contributed by atoms with Crippen LogP contribution >= 0.6 is 11.8 Å². The summed E-state index contributed by atoms with van der Waals surface area (Å²) in [6, 6.07) is 1.73. The van der Waals surface area contributed by atoms with E-state index in [2.05, 4.69) is 0 Å². The van der Waals surface area contributed by atoms with Gasteiger partial charge in [0.1, 0.15) is 0 Å². The van der Waals surface area contributed by atoms with Crippen LogP contribution in [0.3, 0.4) is 0 Å². The molecule has 17 heavy (non-hydrogen) atoms. The summed E-state index contributed by atoms with van der Waals surface area (Å²) in [6.45, 7) is 5.73. The SMILES string of the molecule is CC(C)(C)SCC(=O)c1ccc(F)c(F)c1F. The summed E-state index contributed by atoms with van der Waals surface area (Å²) < 4.78 is 38.7. The fourth-order valence-electron chi connectivity index (χ4n) is 1.10. The second-order valence-corrected chi connectivity index (χ2v) is 6.35. The van der Waals surface area contributed by atoms with Crippen LogP contribution in [0.25, 0.3) is 0 Å². The van der Waals surface area contributed by atoms with Crippen molar-refractivity contribution >= 4 is 17.5 Å². The Labute approximate surface area is 102 Å². The Hall–Kier alpha value is -0.970. The van der Waals surface area contributed by atoms with Crippen molar-refractivity contribution in [3.05, 3.63) is 35.1 Å². The highest BCUT2D eigenvalue weighted by Crippen LogP contribution is 2.25. The molecule has 0 spiro atoms. The van der Waals surface area contributed by atoms with Crippen LogP contribution in [0.2, 0.25) is 0 Å². The molecule has 1 aromatic rings. The lowest BCUT2D eigenvalue weighted by Crippen LogP contribution is -2.14. The molecule has 0 bridgehead atoms. The zero-order chi connectivity index (χ0) is 13.2. The van der Waals surface area contributed by atoms with E-state index in [1.807, 2.05) is 20.8 Å². The largest absolute Gasteiger partial charge is 0.293 e. The first-order valence-electron chi connectivity index (χ1n) is 5.03. The van der Waals surface area contributed by atoms with Gasteiger partial charge in [-0.2, -0.15) is 0 Å². The molecule has 1 aromatic carbocycles.